The third-order valence-electron chi connectivity index (χ3n) is 6.34. The van der Waals surface area contributed by atoms with Gasteiger partial charge in [-0.3, -0.25) is 14.1 Å². The van der Waals surface area contributed by atoms with E-state index in [1.807, 2.05) is 37.3 Å². The van der Waals surface area contributed by atoms with Crippen molar-refractivity contribution in [2.45, 2.75) is 33.4 Å². The van der Waals surface area contributed by atoms with Gasteiger partial charge in [0.15, 0.2) is 11.6 Å². The van der Waals surface area contributed by atoms with Crippen LogP contribution in [0.15, 0.2) is 41.1 Å². The number of aryl methyl sites for hydroxylation is 2. The largest absolute Gasteiger partial charge is 0.505 e. The number of pyridine rings is 1. The first kappa shape index (κ1) is 23.7. The summed E-state index contributed by atoms with van der Waals surface area (Å²) in [6.07, 6.45) is 3.31. The molecule has 186 valence electrons. The van der Waals surface area contributed by atoms with Crippen LogP contribution in [0.3, 0.4) is 0 Å². The Labute approximate surface area is 208 Å². The number of nitrogens with zero attached hydrogens (tertiary/aromatic N) is 5. The molecule has 1 aliphatic heterocycles. The van der Waals surface area contributed by atoms with E-state index < -0.39 is 15.9 Å². The summed E-state index contributed by atoms with van der Waals surface area (Å²) in [6, 6.07) is 9.93. The lowest BCUT2D eigenvalue weighted by Gasteiger charge is -2.23. The van der Waals surface area contributed by atoms with E-state index in [1.165, 1.54) is 11.9 Å². The summed E-state index contributed by atoms with van der Waals surface area (Å²) in [4.78, 5) is 23.4. The Balaban J connectivity index is 1.66. The molecule has 2 aromatic carbocycles. The van der Waals surface area contributed by atoms with E-state index in [4.69, 9.17) is 4.52 Å². The molecule has 4 aromatic rings. The Morgan fingerprint density at radius 2 is 1.89 bits per heavy atom. The molecule has 1 N–H and O–H groups in total. The van der Waals surface area contributed by atoms with Gasteiger partial charge in [0.2, 0.25) is 15.9 Å². The van der Waals surface area contributed by atoms with Crippen LogP contribution in [0.2, 0.25) is 0 Å². The zero-order valence-corrected chi connectivity index (χ0v) is 21.1. The summed E-state index contributed by atoms with van der Waals surface area (Å²) >= 11 is 0. The molecule has 0 unspecified atom stereocenters. The Morgan fingerprint density at radius 3 is 2.53 bits per heavy atom. The van der Waals surface area contributed by atoms with Crippen LogP contribution in [-0.2, 0) is 29.5 Å². The zero-order chi connectivity index (χ0) is 25.8. The number of anilines is 1. The fraction of sp³-hybridized carbons (Fsp3) is 0.280. The number of amides is 1. The summed E-state index contributed by atoms with van der Waals surface area (Å²) in [5.74, 6) is -0.0513. The molecule has 2 aromatic heterocycles. The molecule has 10 nitrogen and oxygen atoms in total. The van der Waals surface area contributed by atoms with E-state index in [2.05, 4.69) is 15.1 Å². The highest BCUT2D eigenvalue weighted by Crippen LogP contribution is 2.44. The number of phenolic OH excluding ortho intramolecular Hbond substituents is 1. The Morgan fingerprint density at radius 1 is 1.17 bits per heavy atom. The molecule has 1 aliphatic rings. The van der Waals surface area contributed by atoms with E-state index in [0.29, 0.717) is 34.8 Å². The van der Waals surface area contributed by atoms with Crippen molar-refractivity contribution in [3.63, 3.8) is 0 Å². The highest BCUT2D eigenvalue weighted by Gasteiger charge is 2.37. The number of fused-ring (bicyclic) bond motifs is 2. The van der Waals surface area contributed by atoms with E-state index >= 15 is 0 Å². The maximum absolute atomic E-state index is 13.3. The molecule has 36 heavy (non-hydrogen) atoms. The Bertz CT molecular complexity index is 1610. The number of aromatic nitrogens is 3. The molecule has 5 rings (SSSR count). The van der Waals surface area contributed by atoms with Crippen molar-refractivity contribution in [2.24, 2.45) is 0 Å². The maximum Gasteiger partial charge on any atom is 0.258 e. The first-order chi connectivity index (χ1) is 17.0. The average Bonchev–Trinajstić information content (AvgIpc) is 3.37. The Hall–Kier alpha value is -3.99. The minimum Gasteiger partial charge on any atom is -0.505 e. The second-order valence-electron chi connectivity index (χ2n) is 9.07. The normalized spacial score (nSPS) is 13.4. The van der Waals surface area contributed by atoms with Crippen LogP contribution in [0.1, 0.15) is 44.3 Å². The molecule has 0 atom stereocenters. The second-order valence-corrected chi connectivity index (χ2v) is 11.1. The highest BCUT2D eigenvalue weighted by atomic mass is 32.2. The van der Waals surface area contributed by atoms with Crippen molar-refractivity contribution >= 4 is 32.5 Å². The molecular weight excluding hydrogens is 482 g/mol. The second kappa shape index (κ2) is 8.59. The van der Waals surface area contributed by atoms with Gasteiger partial charge in [-0.1, -0.05) is 35.0 Å². The van der Waals surface area contributed by atoms with Gasteiger partial charge in [-0.2, -0.15) is 4.98 Å². The third-order valence-corrected chi connectivity index (χ3v) is 7.52. The number of hydrogen-bond acceptors (Lipinski definition) is 8. The lowest BCUT2D eigenvalue weighted by molar-refractivity contribution is 0.0759. The van der Waals surface area contributed by atoms with E-state index in [-0.39, 0.29) is 29.9 Å². The van der Waals surface area contributed by atoms with Gasteiger partial charge >= 0.3 is 0 Å². The van der Waals surface area contributed by atoms with Gasteiger partial charge in [0.1, 0.15) is 5.52 Å². The molecule has 0 spiro atoms. The number of sulfonamides is 1. The number of rotatable bonds is 6. The predicted molar refractivity (Wildman–Crippen MR) is 133 cm³/mol. The molecule has 1 amide bonds. The topological polar surface area (TPSA) is 130 Å². The third kappa shape index (κ3) is 4.15. The lowest BCUT2D eigenvalue weighted by Crippen LogP contribution is -2.26. The summed E-state index contributed by atoms with van der Waals surface area (Å²) in [5, 5.41) is 15.4. The van der Waals surface area contributed by atoms with Crippen molar-refractivity contribution in [3.05, 3.63) is 76.1 Å². The number of hydrogen-bond donors (Lipinski definition) is 1. The van der Waals surface area contributed by atoms with Gasteiger partial charge in [-0.05, 0) is 30.5 Å². The van der Waals surface area contributed by atoms with E-state index in [1.54, 1.807) is 13.1 Å². The SMILES string of the molecule is Cc1ccc(Cc2cnc3c(O)c4c(c(N(C)S(C)(=O)=O)c3c2)CN(Cc2noc(C)n2)C4=O)cc1. The average molecular weight is 508 g/mol. The highest BCUT2D eigenvalue weighted by molar-refractivity contribution is 7.92. The summed E-state index contributed by atoms with van der Waals surface area (Å²) in [7, 11) is -2.26. The fourth-order valence-electron chi connectivity index (χ4n) is 4.49. The van der Waals surface area contributed by atoms with Crippen LogP contribution in [0.25, 0.3) is 10.9 Å². The molecule has 0 radical (unpaired) electrons. The van der Waals surface area contributed by atoms with Crippen LogP contribution in [0, 0.1) is 13.8 Å². The van der Waals surface area contributed by atoms with Gasteiger partial charge in [-0.25, -0.2) is 8.42 Å². The molecule has 0 bridgehead atoms. The predicted octanol–water partition coefficient (Wildman–Crippen LogP) is 3.08. The molecule has 3 heterocycles. The number of benzene rings is 2. The number of phenols is 1. The number of aromatic hydroxyl groups is 1. The van der Waals surface area contributed by atoms with Crippen molar-refractivity contribution in [2.75, 3.05) is 17.6 Å². The summed E-state index contributed by atoms with van der Waals surface area (Å²) in [6.45, 7) is 3.79. The number of carbonyl (C=O) groups is 1. The standard InChI is InChI=1S/C25H25N5O5S/c1-14-5-7-16(8-6-14)9-17-10-18-22(26-11-17)24(31)21-19(23(18)29(3)36(4,33)34)12-30(25(21)32)13-20-27-15(2)35-28-20/h5-8,10-11,31H,9,12-13H2,1-4H3. The maximum atomic E-state index is 13.3. The summed E-state index contributed by atoms with van der Waals surface area (Å²) < 4.78 is 31.4. The number of carbonyl (C=O) groups excluding carboxylic acids is 1. The lowest BCUT2D eigenvalue weighted by atomic mass is 9.98. The van der Waals surface area contributed by atoms with Crippen LogP contribution >= 0.6 is 0 Å². The van der Waals surface area contributed by atoms with Crippen LogP contribution in [-0.4, -0.2) is 52.8 Å². The van der Waals surface area contributed by atoms with Crippen molar-refractivity contribution in [1.29, 1.82) is 0 Å². The molecule has 11 heteroatoms. The molecule has 0 aliphatic carbocycles. The van der Waals surface area contributed by atoms with Crippen LogP contribution in [0.4, 0.5) is 5.69 Å². The van der Waals surface area contributed by atoms with Crippen LogP contribution < -0.4 is 4.31 Å². The summed E-state index contributed by atoms with van der Waals surface area (Å²) in [5.41, 5.74) is 3.99. The van der Waals surface area contributed by atoms with Crippen molar-refractivity contribution in [3.8, 4) is 5.75 Å². The first-order valence-corrected chi connectivity index (χ1v) is 13.1. The quantitative estimate of drug-likeness (QED) is 0.421. The van der Waals surface area contributed by atoms with Gasteiger partial charge in [0, 0.05) is 37.7 Å². The monoisotopic (exact) mass is 507 g/mol. The Kier molecular flexibility index (Phi) is 5.67. The van der Waals surface area contributed by atoms with Crippen LogP contribution in [0.5, 0.6) is 5.75 Å². The first-order valence-electron chi connectivity index (χ1n) is 11.3. The van der Waals surface area contributed by atoms with Gasteiger partial charge in [0.25, 0.3) is 5.91 Å². The van der Waals surface area contributed by atoms with Crippen molar-refractivity contribution in [1.82, 2.24) is 20.0 Å². The van der Waals surface area contributed by atoms with Gasteiger partial charge < -0.3 is 14.5 Å². The van der Waals surface area contributed by atoms with Gasteiger partial charge in [-0.15, -0.1) is 0 Å². The van der Waals surface area contributed by atoms with E-state index in [9.17, 15) is 18.3 Å². The zero-order valence-electron chi connectivity index (χ0n) is 20.3. The van der Waals surface area contributed by atoms with E-state index in [0.717, 1.165) is 27.3 Å². The van der Waals surface area contributed by atoms with Gasteiger partial charge in [0.05, 0.1) is 24.1 Å². The molecule has 0 saturated heterocycles. The fourth-order valence-corrected chi connectivity index (χ4v) is 5.03. The molecule has 0 fully saturated rings. The smallest absolute Gasteiger partial charge is 0.258 e. The minimum absolute atomic E-state index is 0.0343. The molecular formula is C25H25N5O5S. The molecule has 0 saturated carbocycles. The van der Waals surface area contributed by atoms with Crippen molar-refractivity contribution < 1.29 is 22.8 Å². The minimum atomic E-state index is -3.69.